The van der Waals surface area contributed by atoms with E-state index in [0.29, 0.717) is 51.6 Å². The number of rotatable bonds is 6. The maximum atomic E-state index is 13.0. The van der Waals surface area contributed by atoms with E-state index in [-0.39, 0.29) is 17.2 Å². The summed E-state index contributed by atoms with van der Waals surface area (Å²) in [6.45, 7) is 1.90. The Morgan fingerprint density at radius 2 is 1.81 bits per heavy atom. The van der Waals surface area contributed by atoms with Gasteiger partial charge in [-0.25, -0.2) is 0 Å². The zero-order chi connectivity index (χ0) is 26.0. The third-order valence-corrected chi connectivity index (χ3v) is 6.68. The normalized spacial score (nSPS) is 14.1. The number of hydrogen-bond donors (Lipinski definition) is 3. The van der Waals surface area contributed by atoms with E-state index in [1.165, 1.54) is 21.3 Å². The number of aromatic amines is 1. The van der Waals surface area contributed by atoms with Crippen LogP contribution in [-0.4, -0.2) is 43.7 Å². The summed E-state index contributed by atoms with van der Waals surface area (Å²) in [6, 6.07) is 6.53. The molecule has 1 aliphatic carbocycles. The largest absolute Gasteiger partial charge is 0.493 e. The molecule has 0 spiro atoms. The monoisotopic (exact) mass is 530 g/mol. The number of benzene rings is 1. The van der Waals surface area contributed by atoms with E-state index in [0.717, 1.165) is 22.4 Å². The van der Waals surface area contributed by atoms with Gasteiger partial charge in [0.1, 0.15) is 0 Å². The van der Waals surface area contributed by atoms with Crippen molar-refractivity contribution in [2.45, 2.75) is 25.8 Å². The van der Waals surface area contributed by atoms with E-state index in [1.54, 1.807) is 19.2 Å². The fourth-order valence-corrected chi connectivity index (χ4v) is 5.08. The Kier molecular flexibility index (Phi) is 7.56. The topological polar surface area (TPSA) is 107 Å². The molecule has 0 saturated heterocycles. The summed E-state index contributed by atoms with van der Waals surface area (Å²) in [5.74, 6) is 2.01. The van der Waals surface area contributed by atoms with Crippen LogP contribution in [-0.2, 0) is 6.42 Å². The van der Waals surface area contributed by atoms with E-state index in [1.807, 2.05) is 19.1 Å². The average Bonchev–Trinajstić information content (AvgIpc) is 3.11. The van der Waals surface area contributed by atoms with Crippen LogP contribution in [0.5, 0.6) is 23.0 Å². The Bertz CT molecular complexity index is 1380. The number of halogens is 1. The van der Waals surface area contributed by atoms with Gasteiger partial charge in [-0.3, -0.25) is 9.89 Å². The van der Waals surface area contributed by atoms with Crippen LogP contribution in [0, 0.1) is 6.92 Å². The van der Waals surface area contributed by atoms with Gasteiger partial charge in [0.2, 0.25) is 11.2 Å². The molecule has 9 nitrogen and oxygen atoms in total. The highest BCUT2D eigenvalue weighted by Crippen LogP contribution is 2.54. The lowest BCUT2D eigenvalue weighted by Crippen LogP contribution is -2.33. The second-order valence-electron chi connectivity index (χ2n) is 8.17. The molecule has 1 aliphatic rings. The number of methoxy groups -OCH3 is 4. The van der Waals surface area contributed by atoms with Crippen LogP contribution in [0.3, 0.4) is 0 Å². The summed E-state index contributed by atoms with van der Waals surface area (Å²) in [7, 11) is 6.07. The molecule has 0 amide bonds. The number of ether oxygens (including phenoxy) is 4. The molecule has 3 aromatic rings. The molecule has 1 aromatic heterocycles. The maximum Gasteiger partial charge on any atom is 0.220 e. The molecule has 0 bridgehead atoms. The van der Waals surface area contributed by atoms with Crippen molar-refractivity contribution in [1.29, 1.82) is 0 Å². The van der Waals surface area contributed by atoms with Gasteiger partial charge < -0.3 is 29.6 Å². The molecule has 1 atom stereocenters. The minimum Gasteiger partial charge on any atom is -0.493 e. The first-order valence-electron chi connectivity index (χ1n) is 11.1. The quantitative estimate of drug-likeness (QED) is 0.399. The van der Waals surface area contributed by atoms with Crippen molar-refractivity contribution in [3.8, 4) is 34.1 Å². The van der Waals surface area contributed by atoms with Crippen LogP contribution in [0.15, 0.2) is 29.1 Å². The Balaban J connectivity index is 1.91. The molecular weight excluding hydrogens is 504 g/mol. The first kappa shape index (κ1) is 25.6. The van der Waals surface area contributed by atoms with Crippen molar-refractivity contribution in [2.75, 3.05) is 33.8 Å². The van der Waals surface area contributed by atoms with Crippen LogP contribution < -0.4 is 35.0 Å². The van der Waals surface area contributed by atoms with Gasteiger partial charge in [-0.05, 0) is 60.8 Å². The van der Waals surface area contributed by atoms with E-state index < -0.39 is 0 Å². The minimum absolute atomic E-state index is 0.210. The van der Waals surface area contributed by atoms with Crippen molar-refractivity contribution in [3.05, 3.63) is 56.3 Å². The Morgan fingerprint density at radius 1 is 1.08 bits per heavy atom. The van der Waals surface area contributed by atoms with Gasteiger partial charge in [0.05, 0.1) is 39.5 Å². The van der Waals surface area contributed by atoms with Crippen LogP contribution in [0.2, 0.25) is 5.02 Å². The van der Waals surface area contributed by atoms with Crippen molar-refractivity contribution in [2.24, 2.45) is 0 Å². The fraction of sp³-hybridized carbons (Fsp3) is 0.320. The SMILES string of the molecule is COc1c(Cl)c2c(c(OC)c1OC)-c1ccc(OC)c(=O)cc1[C@@H](NC(=S)Nc1cc(C)[nH]n1)CC2. The number of aryl methyl sites for hydroxylation is 1. The molecular formula is C25H27ClN4O5S. The maximum absolute atomic E-state index is 13.0. The third kappa shape index (κ3) is 4.66. The summed E-state index contributed by atoms with van der Waals surface area (Å²) < 4.78 is 22.3. The third-order valence-electron chi connectivity index (χ3n) is 6.06. The zero-order valence-electron chi connectivity index (χ0n) is 20.6. The molecule has 36 heavy (non-hydrogen) atoms. The second-order valence-corrected chi connectivity index (χ2v) is 8.96. The molecule has 0 fully saturated rings. The number of thiocarbonyl (C=S) groups is 1. The number of H-pyrrole nitrogens is 1. The zero-order valence-corrected chi connectivity index (χ0v) is 22.1. The molecule has 11 heteroatoms. The first-order chi connectivity index (χ1) is 17.3. The van der Waals surface area contributed by atoms with Gasteiger partial charge in [-0.15, -0.1) is 0 Å². The number of hydrogen-bond acceptors (Lipinski definition) is 7. The fourth-order valence-electron chi connectivity index (χ4n) is 4.48. The molecule has 1 heterocycles. The molecule has 2 aromatic carbocycles. The lowest BCUT2D eigenvalue weighted by atomic mass is 9.95. The molecule has 0 aliphatic heterocycles. The molecule has 3 N–H and O–H groups in total. The number of nitrogens with zero attached hydrogens (tertiary/aromatic N) is 1. The van der Waals surface area contributed by atoms with Crippen LogP contribution in [0.25, 0.3) is 11.1 Å². The average molecular weight is 531 g/mol. The Hall–Kier alpha value is -3.50. The summed E-state index contributed by atoms with van der Waals surface area (Å²) >= 11 is 12.4. The number of anilines is 1. The lowest BCUT2D eigenvalue weighted by Gasteiger charge is -2.21. The van der Waals surface area contributed by atoms with E-state index in [2.05, 4.69) is 20.8 Å². The standard InChI is InChI=1S/C25H27ClN4O5S/c1-12-10-19(30-29-12)28-25(36)27-16-8-6-14-20(13-7-9-18(32-2)17(31)11-15(13)16)22(33-3)24(35-5)23(34-4)21(14)26/h7,9-11,16H,6,8H2,1-5H3,(H3,27,28,29,30,36)/t16-/m0/s1. The predicted molar refractivity (Wildman–Crippen MR) is 143 cm³/mol. The highest BCUT2D eigenvalue weighted by atomic mass is 35.5. The van der Waals surface area contributed by atoms with Crippen molar-refractivity contribution < 1.29 is 18.9 Å². The highest BCUT2D eigenvalue weighted by molar-refractivity contribution is 7.80. The number of aromatic nitrogens is 2. The molecule has 0 radical (unpaired) electrons. The van der Waals surface area contributed by atoms with Crippen LogP contribution in [0.1, 0.15) is 29.3 Å². The molecule has 0 saturated carbocycles. The van der Waals surface area contributed by atoms with Crippen LogP contribution >= 0.6 is 23.8 Å². The Labute approximate surface area is 219 Å². The minimum atomic E-state index is -0.338. The van der Waals surface area contributed by atoms with Crippen LogP contribution in [0.4, 0.5) is 5.82 Å². The summed E-state index contributed by atoms with van der Waals surface area (Å²) in [5.41, 5.74) is 3.62. The second kappa shape index (κ2) is 10.6. The molecule has 4 rings (SSSR count). The number of fused-ring (bicyclic) bond motifs is 3. The van der Waals surface area contributed by atoms with E-state index in [9.17, 15) is 4.79 Å². The van der Waals surface area contributed by atoms with Gasteiger partial charge in [0, 0.05) is 17.3 Å². The van der Waals surface area contributed by atoms with Gasteiger partial charge in [-0.1, -0.05) is 17.7 Å². The summed E-state index contributed by atoms with van der Waals surface area (Å²) in [5, 5.41) is 14.3. The van der Waals surface area contributed by atoms with E-state index >= 15 is 0 Å². The summed E-state index contributed by atoms with van der Waals surface area (Å²) in [6.07, 6.45) is 1.13. The van der Waals surface area contributed by atoms with E-state index in [4.69, 9.17) is 42.8 Å². The number of nitrogens with one attached hydrogen (secondary N) is 3. The highest BCUT2D eigenvalue weighted by Gasteiger charge is 2.32. The molecule has 190 valence electrons. The van der Waals surface area contributed by atoms with Gasteiger partial charge in [-0.2, -0.15) is 5.10 Å². The lowest BCUT2D eigenvalue weighted by molar-refractivity contribution is 0.325. The van der Waals surface area contributed by atoms with Gasteiger partial charge in [0.15, 0.2) is 28.2 Å². The van der Waals surface area contributed by atoms with Gasteiger partial charge in [0.25, 0.3) is 0 Å². The first-order valence-corrected chi connectivity index (χ1v) is 11.9. The van der Waals surface area contributed by atoms with Crippen molar-refractivity contribution in [1.82, 2.24) is 15.5 Å². The summed E-state index contributed by atoms with van der Waals surface area (Å²) in [4.78, 5) is 13.0. The van der Waals surface area contributed by atoms with Crippen molar-refractivity contribution >= 4 is 34.7 Å². The Morgan fingerprint density at radius 3 is 2.42 bits per heavy atom. The van der Waals surface area contributed by atoms with Gasteiger partial charge >= 0.3 is 0 Å². The molecule has 0 unspecified atom stereocenters. The van der Waals surface area contributed by atoms with Crippen molar-refractivity contribution in [3.63, 3.8) is 0 Å². The smallest absolute Gasteiger partial charge is 0.220 e. The predicted octanol–water partition coefficient (Wildman–Crippen LogP) is 4.41.